The number of hydrogen-bond donors (Lipinski definition) is 0. The maximum absolute atomic E-state index is 3.60. The van der Waals surface area contributed by atoms with Gasteiger partial charge in [-0.1, -0.05) is 322 Å². The summed E-state index contributed by atoms with van der Waals surface area (Å²) in [6, 6.07) is 0. The Kier molecular flexibility index (Phi) is 530. The molecule has 5 rings (SSSR count). The van der Waals surface area contributed by atoms with E-state index in [0.29, 0.717) is 0 Å². The second-order valence-electron chi connectivity index (χ2n) is 17.8. The van der Waals surface area contributed by atoms with Gasteiger partial charge in [0.05, 0.1) is 0 Å². The standard InChI is InChI=1S/10C6H12.5Al.15ClH.5N/c5*1-2-4-6-5-3-1;5*1-3-5-6-4-2;;;;;;;;;;;;;;;;;;;;;;;;;/h5*1-6H2;5*3H,1,4-6H2,2H3;;;;;;15*1H;;;;;/q;;;;;;;;;;5*+3;;;;;;;;;;;;;;;;;;;;/p-15. The monoisotopic (exact) mass is 1570 g/mol. The maximum atomic E-state index is 3.60. The van der Waals surface area contributed by atoms with Gasteiger partial charge in [0.2, 0.25) is 0 Å². The molecule has 0 aromatic heterocycles. The number of rotatable bonds is 15. The van der Waals surface area contributed by atoms with Crippen molar-refractivity contribution in [1.82, 2.24) is 30.8 Å². The molecule has 5 saturated carbocycles. The molecule has 0 aromatic rings. The average Bonchev–Trinajstić information content (AvgIpc) is 3.35. The van der Waals surface area contributed by atoms with Crippen molar-refractivity contribution in [2.24, 2.45) is 0 Å². The van der Waals surface area contributed by atoms with Crippen molar-refractivity contribution in [3.05, 3.63) is 63.3 Å². The summed E-state index contributed by atoms with van der Waals surface area (Å²) in [5, 5.41) is 0. The van der Waals surface area contributed by atoms with Gasteiger partial charge in [-0.2, -0.15) is 0 Å². The van der Waals surface area contributed by atoms with Gasteiger partial charge in [0, 0.05) is 30.8 Å². The Balaban J connectivity index is -0.0000000137. The van der Waals surface area contributed by atoms with Crippen LogP contribution in [0.2, 0.25) is 0 Å². The molecule has 0 unspecified atom stereocenters. The third-order valence-electron chi connectivity index (χ3n) is 11.3. The summed E-state index contributed by atoms with van der Waals surface area (Å²) in [7, 11) is 0. The molecule has 0 heterocycles. The summed E-state index contributed by atoms with van der Waals surface area (Å²) in [5.74, 6) is 0. The Hall–Kier alpha value is 5.51. The van der Waals surface area contributed by atoms with E-state index >= 15 is 0 Å². The van der Waals surface area contributed by atoms with Gasteiger partial charge in [0.1, 0.15) is 0 Å². The van der Waals surface area contributed by atoms with Crippen molar-refractivity contribution in [2.45, 2.75) is 324 Å². The third-order valence-corrected chi connectivity index (χ3v) is 11.3. The van der Waals surface area contributed by atoms with Gasteiger partial charge in [-0.25, -0.2) is 0 Å². The Labute approximate surface area is 682 Å². The minimum absolute atomic E-state index is 0. The fourth-order valence-corrected chi connectivity index (χ4v) is 7.05. The van der Waals surface area contributed by atoms with E-state index < -0.39 is 0 Å². The summed E-state index contributed by atoms with van der Waals surface area (Å²) >= 11 is 0. The predicted octanol–water partition coefficient (Wildman–Crippen LogP) is -25.7. The van der Waals surface area contributed by atoms with E-state index in [1.54, 1.807) is 0 Å². The molecule has 0 aromatic carbocycles. The second kappa shape index (κ2) is 228. The van der Waals surface area contributed by atoms with Crippen molar-refractivity contribution in [3.8, 4) is 0 Å². The van der Waals surface area contributed by atoms with Crippen LogP contribution in [-0.2, 0) is 0 Å². The number of halogens is 15. The fourth-order valence-electron chi connectivity index (χ4n) is 7.05. The first kappa shape index (κ1) is 198. The van der Waals surface area contributed by atoms with Crippen molar-refractivity contribution in [3.63, 3.8) is 0 Å². The molecule has 85 heavy (non-hydrogen) atoms. The van der Waals surface area contributed by atoms with Crippen molar-refractivity contribution >= 4 is 86.8 Å². The normalized spacial score (nSPS) is 11.4. The number of hydrogen-bond acceptors (Lipinski definition) is 0. The molecule has 0 bridgehead atoms. The summed E-state index contributed by atoms with van der Waals surface area (Å²) < 4.78 is 0. The van der Waals surface area contributed by atoms with Crippen LogP contribution in [0.25, 0.3) is 0 Å². The molecular weight excluding hydrogens is 1460 g/mol. The fraction of sp³-hybridized carbons (Fsp3) is 0.833. The molecule has 505 valence electrons. The van der Waals surface area contributed by atoms with E-state index in [1.807, 2.05) is 30.4 Å². The first-order valence-corrected chi connectivity index (χ1v) is 27.6. The van der Waals surface area contributed by atoms with Crippen LogP contribution < -0.4 is 217 Å². The number of unbranched alkanes of at least 4 members (excludes halogenated alkanes) is 10. The summed E-state index contributed by atoms with van der Waals surface area (Å²) in [6.45, 7) is 28.9. The quantitative estimate of drug-likeness (QED) is 0.0871. The minimum atomic E-state index is 0. The second-order valence-corrected chi connectivity index (χ2v) is 17.8. The van der Waals surface area contributed by atoms with Crippen molar-refractivity contribution in [1.29, 1.82) is 0 Å². The molecule has 25 heteroatoms. The molecule has 5 aliphatic carbocycles. The molecule has 0 atom stereocenters. The van der Waals surface area contributed by atoms with Crippen LogP contribution in [0.15, 0.2) is 63.3 Å². The van der Waals surface area contributed by atoms with E-state index in [2.05, 4.69) is 67.5 Å². The van der Waals surface area contributed by atoms with Gasteiger partial charge in [0.25, 0.3) is 0 Å². The van der Waals surface area contributed by atoms with Crippen molar-refractivity contribution in [2.75, 3.05) is 0 Å². The molecule has 0 saturated heterocycles. The van der Waals surface area contributed by atoms with Crippen LogP contribution in [0.3, 0.4) is 0 Å². The zero-order valence-corrected chi connectivity index (χ0v) is 71.1. The Bertz CT molecular complexity index is 591. The van der Waals surface area contributed by atoms with Gasteiger partial charge < -0.3 is 186 Å². The van der Waals surface area contributed by atoms with Crippen LogP contribution in [0, 0.1) is 0 Å². The molecule has 5 nitrogen and oxygen atoms in total. The third kappa shape index (κ3) is 269. The van der Waals surface area contributed by atoms with Crippen LogP contribution in [0.1, 0.15) is 324 Å². The largest absolute Gasteiger partial charge is 3.00 e. The summed E-state index contributed by atoms with van der Waals surface area (Å²) in [6.07, 6.45) is 73.6. The number of allylic oxidation sites excluding steroid dienone is 5. The molecule has 0 spiro atoms. The first-order valence-electron chi connectivity index (χ1n) is 27.6. The summed E-state index contributed by atoms with van der Waals surface area (Å²) in [4.78, 5) is 0. The molecule has 0 aliphatic heterocycles. The molecule has 5 fully saturated rings. The number of nitrogens with zero attached hydrogens (tertiary/aromatic N) is 5. The smallest absolute Gasteiger partial charge is 1.00 e. The van der Waals surface area contributed by atoms with E-state index in [9.17, 15) is 0 Å². The van der Waals surface area contributed by atoms with Gasteiger partial charge in [-0.3, -0.25) is 0 Å². The molecular formula is C60H120Al5Cl15N5. The van der Waals surface area contributed by atoms with Crippen LogP contribution >= 0.6 is 0 Å². The van der Waals surface area contributed by atoms with Gasteiger partial charge in [0.15, 0.2) is 0 Å². The van der Waals surface area contributed by atoms with E-state index in [0.717, 1.165) is 0 Å². The minimum Gasteiger partial charge on any atom is -1.00 e. The van der Waals surface area contributed by atoms with Gasteiger partial charge in [-0.05, 0) is 32.1 Å². The SMILES string of the molecule is C1CCCCC1.C1CCCCC1.C1CCCCC1.C1CCCCC1.C1CCCCC1.C=CCCCC.C=CCCCC.C=CCCCC.C=CCCCC.C=CCCCC.[Al+3].[Al+3].[Al+3].[Al+3].[Al+3].[Cl-].[Cl-].[Cl-].[Cl-].[Cl-].[Cl-].[Cl-].[Cl-].[Cl-].[Cl-].[Cl-].[Cl-].[Cl-].[Cl-].[Cl-].[N].[N].[N].[N].[N]. The predicted molar refractivity (Wildman–Crippen MR) is 327 cm³/mol. The summed E-state index contributed by atoms with van der Waals surface area (Å²) in [5.41, 5.74) is 0. The van der Waals surface area contributed by atoms with E-state index in [-0.39, 0.29) is 304 Å². The Morgan fingerprint density at radius 2 is 0.235 bits per heavy atom. The van der Waals surface area contributed by atoms with Crippen LogP contribution in [0.4, 0.5) is 0 Å². The van der Waals surface area contributed by atoms with Gasteiger partial charge in [-0.15, -0.1) is 32.9 Å². The zero-order chi connectivity index (χ0) is 45.4. The van der Waals surface area contributed by atoms with Crippen molar-refractivity contribution < 1.29 is 186 Å². The maximum Gasteiger partial charge on any atom is 3.00 e. The van der Waals surface area contributed by atoms with Gasteiger partial charge >= 0.3 is 86.8 Å². The zero-order valence-electron chi connectivity index (χ0n) is 54.0. The Morgan fingerprint density at radius 3 is 0.259 bits per heavy atom. The Morgan fingerprint density at radius 1 is 0.176 bits per heavy atom. The van der Waals surface area contributed by atoms with Crippen LogP contribution in [0.5, 0.6) is 0 Å². The average molecular weight is 1580 g/mol. The van der Waals surface area contributed by atoms with Crippen LogP contribution in [-0.4, -0.2) is 86.8 Å². The van der Waals surface area contributed by atoms with E-state index in [1.165, 1.54) is 289 Å². The first-order chi connectivity index (χ1) is 29.6. The topological polar surface area (TPSA) is 152 Å². The molecule has 5 aliphatic rings. The molecule has 0 amide bonds. The van der Waals surface area contributed by atoms with E-state index in [4.69, 9.17) is 0 Å². The molecule has 15 radical (unpaired) electrons. The molecule has 0 N–H and O–H groups in total.